The first-order valence-electron chi connectivity index (χ1n) is 7.48. The minimum absolute atomic E-state index is 0.628. The zero-order chi connectivity index (χ0) is 13.3. The number of nitrogens with one attached hydrogen (secondary N) is 1. The van der Waals surface area contributed by atoms with Crippen LogP contribution in [0.5, 0.6) is 5.75 Å². The first-order valence-corrected chi connectivity index (χ1v) is 7.48. The summed E-state index contributed by atoms with van der Waals surface area (Å²) in [5.41, 5.74) is 0. The number of nitrogens with zero attached hydrogens (tertiary/aromatic N) is 1. The average Bonchev–Trinajstić information content (AvgIpc) is 2.64. The van der Waals surface area contributed by atoms with Crippen LogP contribution in [0, 0.1) is 0 Å². The molecule has 106 valence electrons. The van der Waals surface area contributed by atoms with Gasteiger partial charge < -0.3 is 15.0 Å². The van der Waals surface area contributed by atoms with E-state index in [2.05, 4.69) is 17.1 Å². The van der Waals surface area contributed by atoms with Crippen molar-refractivity contribution >= 4 is 0 Å². The van der Waals surface area contributed by atoms with E-state index in [1.54, 1.807) is 0 Å². The molecule has 0 saturated carbocycles. The van der Waals surface area contributed by atoms with Gasteiger partial charge in [0.2, 0.25) is 0 Å². The largest absolute Gasteiger partial charge is 0.494 e. The highest BCUT2D eigenvalue weighted by atomic mass is 16.5. The highest BCUT2D eigenvalue weighted by Gasteiger charge is 2.12. The molecular formula is C16H26N2O. The number of hydrogen-bond donors (Lipinski definition) is 1. The average molecular weight is 262 g/mol. The van der Waals surface area contributed by atoms with Crippen LogP contribution in [-0.2, 0) is 0 Å². The summed E-state index contributed by atoms with van der Waals surface area (Å²) in [5, 5.41) is 3.53. The molecule has 1 saturated heterocycles. The lowest BCUT2D eigenvalue weighted by atomic mass is 10.2. The maximum absolute atomic E-state index is 5.71. The molecule has 1 aliphatic rings. The number of para-hydroxylation sites is 1. The first kappa shape index (κ1) is 14.4. The molecule has 0 aromatic heterocycles. The van der Waals surface area contributed by atoms with Crippen LogP contribution in [-0.4, -0.2) is 43.7 Å². The summed E-state index contributed by atoms with van der Waals surface area (Å²) in [5.74, 6) is 0.982. The van der Waals surface area contributed by atoms with E-state index in [4.69, 9.17) is 4.74 Å². The van der Waals surface area contributed by atoms with Gasteiger partial charge in [-0.2, -0.15) is 0 Å². The molecule has 3 nitrogen and oxygen atoms in total. The predicted octanol–water partition coefficient (Wildman–Crippen LogP) is 2.53. The molecule has 1 aromatic rings. The molecule has 1 atom stereocenters. The second-order valence-corrected chi connectivity index (χ2v) is 5.38. The van der Waals surface area contributed by atoms with Gasteiger partial charge in [-0.3, -0.25) is 0 Å². The van der Waals surface area contributed by atoms with Gasteiger partial charge in [0.25, 0.3) is 0 Å². The van der Waals surface area contributed by atoms with Crippen LogP contribution in [0.2, 0.25) is 0 Å². The minimum Gasteiger partial charge on any atom is -0.494 e. The normalized spacial score (nSPS) is 21.0. The molecule has 0 spiro atoms. The summed E-state index contributed by atoms with van der Waals surface area (Å²) in [6.45, 7) is 7.87. The van der Waals surface area contributed by atoms with Crippen molar-refractivity contribution in [2.24, 2.45) is 0 Å². The Bertz CT molecular complexity index is 342. The molecule has 0 bridgehead atoms. The summed E-state index contributed by atoms with van der Waals surface area (Å²) in [6.07, 6.45) is 3.62. The van der Waals surface area contributed by atoms with Crippen molar-refractivity contribution in [3.05, 3.63) is 30.3 Å². The van der Waals surface area contributed by atoms with Gasteiger partial charge in [-0.15, -0.1) is 0 Å². The number of ether oxygens (including phenoxy) is 1. The lowest BCUT2D eigenvalue weighted by Gasteiger charge is -2.22. The smallest absolute Gasteiger partial charge is 0.119 e. The molecule has 1 N–H and O–H groups in total. The van der Waals surface area contributed by atoms with Crippen molar-refractivity contribution in [3.63, 3.8) is 0 Å². The van der Waals surface area contributed by atoms with Gasteiger partial charge in [0.1, 0.15) is 5.75 Å². The van der Waals surface area contributed by atoms with Crippen molar-refractivity contribution in [3.8, 4) is 5.75 Å². The zero-order valence-electron chi connectivity index (χ0n) is 12.0. The van der Waals surface area contributed by atoms with Crippen LogP contribution in [0.1, 0.15) is 26.2 Å². The van der Waals surface area contributed by atoms with E-state index in [0.717, 1.165) is 25.3 Å². The topological polar surface area (TPSA) is 24.5 Å². The predicted molar refractivity (Wildman–Crippen MR) is 79.7 cm³/mol. The summed E-state index contributed by atoms with van der Waals surface area (Å²) >= 11 is 0. The van der Waals surface area contributed by atoms with E-state index in [1.807, 2.05) is 30.3 Å². The summed E-state index contributed by atoms with van der Waals surface area (Å²) < 4.78 is 5.71. The molecule has 0 radical (unpaired) electrons. The Morgan fingerprint density at radius 1 is 1.26 bits per heavy atom. The van der Waals surface area contributed by atoms with Crippen molar-refractivity contribution in [1.29, 1.82) is 0 Å². The lowest BCUT2D eigenvalue weighted by Crippen LogP contribution is -2.35. The third-order valence-electron chi connectivity index (χ3n) is 3.56. The highest BCUT2D eigenvalue weighted by Crippen LogP contribution is 2.09. The van der Waals surface area contributed by atoms with E-state index in [-0.39, 0.29) is 0 Å². The molecule has 19 heavy (non-hydrogen) atoms. The number of unbranched alkanes of at least 4 members (excludes halogenated alkanes) is 1. The zero-order valence-corrected chi connectivity index (χ0v) is 12.0. The van der Waals surface area contributed by atoms with Crippen molar-refractivity contribution in [2.45, 2.75) is 32.2 Å². The third-order valence-corrected chi connectivity index (χ3v) is 3.56. The fourth-order valence-electron chi connectivity index (χ4n) is 2.54. The van der Waals surface area contributed by atoms with Gasteiger partial charge in [0.15, 0.2) is 0 Å². The molecule has 0 aliphatic carbocycles. The van der Waals surface area contributed by atoms with Gasteiger partial charge in [-0.1, -0.05) is 18.2 Å². The monoisotopic (exact) mass is 262 g/mol. The van der Waals surface area contributed by atoms with E-state index >= 15 is 0 Å². The maximum atomic E-state index is 5.71. The summed E-state index contributed by atoms with van der Waals surface area (Å²) in [7, 11) is 0. The van der Waals surface area contributed by atoms with Gasteiger partial charge in [0, 0.05) is 12.6 Å². The molecule has 1 aromatic carbocycles. The Morgan fingerprint density at radius 2 is 2.11 bits per heavy atom. The summed E-state index contributed by atoms with van der Waals surface area (Å²) in [4.78, 5) is 2.58. The van der Waals surface area contributed by atoms with E-state index < -0.39 is 0 Å². The Labute approximate surface area is 116 Å². The Balaban J connectivity index is 1.56. The molecule has 2 rings (SSSR count). The van der Waals surface area contributed by atoms with E-state index in [1.165, 1.54) is 32.5 Å². The Kier molecular flexibility index (Phi) is 6.18. The molecule has 1 fully saturated rings. The van der Waals surface area contributed by atoms with Gasteiger partial charge in [-0.05, 0) is 58.0 Å². The first-order chi connectivity index (χ1) is 9.34. The molecule has 1 heterocycles. The summed E-state index contributed by atoms with van der Waals surface area (Å²) in [6, 6.07) is 10.7. The lowest BCUT2D eigenvalue weighted by molar-refractivity contribution is 0.249. The number of hydrogen-bond acceptors (Lipinski definition) is 3. The second-order valence-electron chi connectivity index (χ2n) is 5.38. The van der Waals surface area contributed by atoms with Crippen molar-refractivity contribution in [2.75, 3.05) is 32.8 Å². The van der Waals surface area contributed by atoms with Crippen LogP contribution in [0.25, 0.3) is 0 Å². The van der Waals surface area contributed by atoms with Gasteiger partial charge in [0.05, 0.1) is 6.61 Å². The SMILES string of the molecule is CC1CN(CCCCOc2ccccc2)CCCN1. The van der Waals surface area contributed by atoms with Crippen LogP contribution in [0.4, 0.5) is 0 Å². The van der Waals surface area contributed by atoms with E-state index in [9.17, 15) is 0 Å². The molecule has 1 aliphatic heterocycles. The van der Waals surface area contributed by atoms with Gasteiger partial charge in [-0.25, -0.2) is 0 Å². The fourth-order valence-corrected chi connectivity index (χ4v) is 2.54. The van der Waals surface area contributed by atoms with Gasteiger partial charge >= 0.3 is 0 Å². The quantitative estimate of drug-likeness (QED) is 0.797. The molecule has 3 heteroatoms. The van der Waals surface area contributed by atoms with E-state index in [0.29, 0.717) is 6.04 Å². The highest BCUT2D eigenvalue weighted by molar-refractivity contribution is 5.20. The van der Waals surface area contributed by atoms with Crippen LogP contribution in [0.15, 0.2) is 30.3 Å². The Hall–Kier alpha value is -1.06. The number of rotatable bonds is 6. The second kappa shape index (κ2) is 8.18. The van der Waals surface area contributed by atoms with Crippen molar-refractivity contribution in [1.82, 2.24) is 10.2 Å². The Morgan fingerprint density at radius 3 is 2.95 bits per heavy atom. The maximum Gasteiger partial charge on any atom is 0.119 e. The fraction of sp³-hybridized carbons (Fsp3) is 0.625. The number of benzene rings is 1. The van der Waals surface area contributed by atoms with Crippen LogP contribution in [0.3, 0.4) is 0 Å². The molecule has 1 unspecified atom stereocenters. The van der Waals surface area contributed by atoms with Crippen LogP contribution >= 0.6 is 0 Å². The van der Waals surface area contributed by atoms with Crippen LogP contribution < -0.4 is 10.1 Å². The minimum atomic E-state index is 0.628. The molecule has 0 amide bonds. The standard InChI is InChI=1S/C16H26N2O/c1-15-14-18(12-7-10-17-15)11-5-6-13-19-16-8-3-2-4-9-16/h2-4,8-9,15,17H,5-7,10-14H2,1H3. The third kappa shape index (κ3) is 5.62. The van der Waals surface area contributed by atoms with Crippen molar-refractivity contribution < 1.29 is 4.74 Å². The molecular weight excluding hydrogens is 236 g/mol.